The Morgan fingerprint density at radius 1 is 1.22 bits per heavy atom. The molecule has 3 heterocycles. The molecule has 7 heteroatoms. The van der Waals surface area contributed by atoms with Gasteiger partial charge in [-0.25, -0.2) is 4.68 Å². The molecule has 0 saturated carbocycles. The quantitative estimate of drug-likeness (QED) is 0.770. The molecular weight excluding hydrogens is 340 g/mol. The molecule has 1 saturated heterocycles. The SMILES string of the molecule is Cc1c(C(=O)N2CCC(C(C)N)CC2)nnn1-c1cccc2cccnc12. The van der Waals surface area contributed by atoms with Crippen LogP contribution >= 0.6 is 0 Å². The van der Waals surface area contributed by atoms with Gasteiger partial charge in [0.2, 0.25) is 0 Å². The van der Waals surface area contributed by atoms with Gasteiger partial charge in [0.1, 0.15) is 0 Å². The number of aromatic nitrogens is 4. The predicted octanol–water partition coefficient (Wildman–Crippen LogP) is 2.32. The molecule has 1 amide bonds. The first-order valence-corrected chi connectivity index (χ1v) is 9.37. The lowest BCUT2D eigenvalue weighted by Gasteiger charge is -2.33. The molecule has 0 aliphatic carbocycles. The van der Waals surface area contributed by atoms with Crippen LogP contribution in [0.15, 0.2) is 36.5 Å². The fourth-order valence-corrected chi connectivity index (χ4v) is 3.79. The van der Waals surface area contributed by atoms with Crippen molar-refractivity contribution < 1.29 is 4.79 Å². The van der Waals surface area contributed by atoms with Crippen molar-refractivity contribution in [1.82, 2.24) is 24.9 Å². The van der Waals surface area contributed by atoms with Crippen LogP contribution in [0, 0.1) is 12.8 Å². The number of carbonyl (C=O) groups is 1. The smallest absolute Gasteiger partial charge is 0.276 e. The lowest BCUT2D eigenvalue weighted by Crippen LogP contribution is -2.42. The average Bonchev–Trinajstić information content (AvgIpc) is 3.08. The van der Waals surface area contributed by atoms with Crippen molar-refractivity contribution in [2.75, 3.05) is 13.1 Å². The number of benzene rings is 1. The van der Waals surface area contributed by atoms with Gasteiger partial charge >= 0.3 is 0 Å². The number of hydrogen-bond acceptors (Lipinski definition) is 5. The van der Waals surface area contributed by atoms with E-state index < -0.39 is 0 Å². The minimum Gasteiger partial charge on any atom is -0.337 e. The van der Waals surface area contributed by atoms with Crippen molar-refractivity contribution in [1.29, 1.82) is 0 Å². The van der Waals surface area contributed by atoms with Crippen LogP contribution in [0.3, 0.4) is 0 Å². The Kier molecular flexibility index (Phi) is 4.61. The highest BCUT2D eigenvalue weighted by molar-refractivity contribution is 5.94. The monoisotopic (exact) mass is 364 g/mol. The van der Waals surface area contributed by atoms with Crippen LogP contribution in [0.5, 0.6) is 0 Å². The zero-order chi connectivity index (χ0) is 19.0. The van der Waals surface area contributed by atoms with Gasteiger partial charge in [-0.3, -0.25) is 9.78 Å². The van der Waals surface area contributed by atoms with Gasteiger partial charge in [0.05, 0.1) is 16.9 Å². The van der Waals surface area contributed by atoms with E-state index in [0.717, 1.165) is 35.1 Å². The van der Waals surface area contributed by atoms with E-state index in [1.54, 1.807) is 10.9 Å². The second-order valence-electron chi connectivity index (χ2n) is 7.28. The van der Waals surface area contributed by atoms with Crippen molar-refractivity contribution in [3.05, 3.63) is 47.9 Å². The van der Waals surface area contributed by atoms with Crippen LogP contribution in [0.2, 0.25) is 0 Å². The number of carbonyl (C=O) groups excluding carboxylic acids is 1. The van der Waals surface area contributed by atoms with E-state index in [1.807, 2.05) is 49.1 Å². The number of rotatable bonds is 3. The third-order valence-corrected chi connectivity index (χ3v) is 5.51. The van der Waals surface area contributed by atoms with Gasteiger partial charge < -0.3 is 10.6 Å². The number of piperidine rings is 1. The van der Waals surface area contributed by atoms with Gasteiger partial charge in [-0.15, -0.1) is 5.10 Å². The van der Waals surface area contributed by atoms with Crippen LogP contribution in [-0.2, 0) is 0 Å². The fourth-order valence-electron chi connectivity index (χ4n) is 3.79. The largest absolute Gasteiger partial charge is 0.337 e. The summed E-state index contributed by atoms with van der Waals surface area (Å²) < 4.78 is 1.71. The van der Waals surface area contributed by atoms with Gasteiger partial charge in [0, 0.05) is 30.7 Å². The van der Waals surface area contributed by atoms with Gasteiger partial charge in [0.25, 0.3) is 5.91 Å². The molecule has 2 aromatic heterocycles. The van der Waals surface area contributed by atoms with Crippen molar-refractivity contribution in [2.24, 2.45) is 11.7 Å². The maximum absolute atomic E-state index is 13.0. The molecule has 3 aromatic rings. The standard InChI is InChI=1S/C20H24N6O/c1-13(21)15-8-11-25(12-9-15)20(27)18-14(2)26(24-23-18)17-7-3-5-16-6-4-10-22-19(16)17/h3-7,10,13,15H,8-9,11-12,21H2,1-2H3. The Bertz CT molecular complexity index is 966. The number of nitrogens with two attached hydrogens (primary N) is 1. The average molecular weight is 364 g/mol. The van der Waals surface area contributed by atoms with E-state index in [9.17, 15) is 4.79 Å². The summed E-state index contributed by atoms with van der Waals surface area (Å²) in [5.41, 5.74) is 8.80. The summed E-state index contributed by atoms with van der Waals surface area (Å²) in [6, 6.07) is 9.99. The van der Waals surface area contributed by atoms with Gasteiger partial charge in [-0.05, 0) is 44.7 Å². The third kappa shape index (κ3) is 3.19. The summed E-state index contributed by atoms with van der Waals surface area (Å²) in [6.45, 7) is 5.35. The molecule has 140 valence electrons. The molecule has 1 unspecified atom stereocenters. The molecule has 2 N–H and O–H groups in total. The maximum Gasteiger partial charge on any atom is 0.276 e. The molecule has 27 heavy (non-hydrogen) atoms. The van der Waals surface area contributed by atoms with Gasteiger partial charge in [-0.2, -0.15) is 0 Å². The van der Waals surface area contributed by atoms with Crippen LogP contribution in [-0.4, -0.2) is 49.9 Å². The van der Waals surface area contributed by atoms with Gasteiger partial charge in [-0.1, -0.05) is 23.4 Å². The van der Waals surface area contributed by atoms with Crippen molar-refractivity contribution in [3.63, 3.8) is 0 Å². The molecule has 1 aliphatic heterocycles. The van der Waals surface area contributed by atoms with Crippen LogP contribution < -0.4 is 5.73 Å². The first kappa shape index (κ1) is 17.6. The molecule has 1 aliphatic rings. The molecule has 0 spiro atoms. The molecule has 7 nitrogen and oxygen atoms in total. The Balaban J connectivity index is 1.62. The van der Waals surface area contributed by atoms with Crippen molar-refractivity contribution >= 4 is 16.8 Å². The number of pyridine rings is 1. The lowest BCUT2D eigenvalue weighted by atomic mass is 9.91. The molecule has 1 atom stereocenters. The summed E-state index contributed by atoms with van der Waals surface area (Å²) >= 11 is 0. The summed E-state index contributed by atoms with van der Waals surface area (Å²) in [5, 5.41) is 9.48. The first-order chi connectivity index (χ1) is 13.1. The Morgan fingerprint density at radius 2 is 1.96 bits per heavy atom. The molecule has 0 bridgehead atoms. The molecule has 1 aromatic carbocycles. The zero-order valence-corrected chi connectivity index (χ0v) is 15.7. The van der Waals surface area contributed by atoms with Gasteiger partial charge in [0.15, 0.2) is 5.69 Å². The number of fused-ring (bicyclic) bond motifs is 1. The van der Waals surface area contributed by atoms with E-state index in [-0.39, 0.29) is 11.9 Å². The maximum atomic E-state index is 13.0. The highest BCUT2D eigenvalue weighted by atomic mass is 16.2. The van der Waals surface area contributed by atoms with Crippen LogP contribution in [0.1, 0.15) is 35.9 Å². The Labute approximate surface area is 158 Å². The summed E-state index contributed by atoms with van der Waals surface area (Å²) in [6.07, 6.45) is 3.63. The predicted molar refractivity (Wildman–Crippen MR) is 104 cm³/mol. The normalized spacial score (nSPS) is 16.6. The molecule has 1 fully saturated rings. The minimum atomic E-state index is -0.0601. The third-order valence-electron chi connectivity index (χ3n) is 5.51. The number of para-hydroxylation sites is 1. The second-order valence-corrected chi connectivity index (χ2v) is 7.28. The minimum absolute atomic E-state index is 0.0601. The summed E-state index contributed by atoms with van der Waals surface area (Å²) in [5.74, 6) is 0.419. The number of likely N-dealkylation sites (tertiary alicyclic amines) is 1. The van der Waals surface area contributed by atoms with E-state index in [2.05, 4.69) is 15.3 Å². The molecule has 0 radical (unpaired) electrons. The summed E-state index contributed by atoms with van der Waals surface area (Å²) in [7, 11) is 0. The van der Waals surface area contributed by atoms with Crippen LogP contribution in [0.25, 0.3) is 16.6 Å². The molecular formula is C20H24N6O. The molecule has 4 rings (SSSR count). The van der Waals surface area contributed by atoms with E-state index in [0.29, 0.717) is 24.7 Å². The number of hydrogen-bond donors (Lipinski definition) is 1. The first-order valence-electron chi connectivity index (χ1n) is 9.37. The van der Waals surface area contributed by atoms with Crippen LogP contribution in [0.4, 0.5) is 0 Å². The zero-order valence-electron chi connectivity index (χ0n) is 15.7. The Morgan fingerprint density at radius 3 is 2.70 bits per heavy atom. The lowest BCUT2D eigenvalue weighted by molar-refractivity contribution is 0.0674. The number of nitrogens with zero attached hydrogens (tertiary/aromatic N) is 5. The highest BCUT2D eigenvalue weighted by Gasteiger charge is 2.28. The Hall–Kier alpha value is -2.80. The topological polar surface area (TPSA) is 89.9 Å². The highest BCUT2D eigenvalue weighted by Crippen LogP contribution is 2.24. The van der Waals surface area contributed by atoms with Crippen molar-refractivity contribution in [3.8, 4) is 5.69 Å². The van der Waals surface area contributed by atoms with E-state index in [4.69, 9.17) is 5.73 Å². The number of amides is 1. The van der Waals surface area contributed by atoms with E-state index in [1.165, 1.54) is 0 Å². The summed E-state index contributed by atoms with van der Waals surface area (Å²) in [4.78, 5) is 19.3. The van der Waals surface area contributed by atoms with E-state index >= 15 is 0 Å². The van der Waals surface area contributed by atoms with Crippen molar-refractivity contribution in [2.45, 2.75) is 32.7 Å². The fraction of sp³-hybridized carbons (Fsp3) is 0.400. The second kappa shape index (κ2) is 7.08.